The van der Waals surface area contributed by atoms with Crippen LogP contribution >= 0.6 is 23.2 Å². The molecule has 0 radical (unpaired) electrons. The van der Waals surface area contributed by atoms with Gasteiger partial charge in [-0.1, -0.05) is 23.2 Å². The minimum Gasteiger partial charge on any atom is -0.458 e. The van der Waals surface area contributed by atoms with Crippen molar-refractivity contribution in [3.05, 3.63) is 69.7 Å². The summed E-state index contributed by atoms with van der Waals surface area (Å²) in [5.41, 5.74) is 1.02. The molecule has 20 heavy (non-hydrogen) atoms. The number of benzene rings is 2. The number of hydrogen-bond acceptors (Lipinski definition) is 2. The van der Waals surface area contributed by atoms with Crippen LogP contribution < -0.4 is 0 Å². The maximum atomic E-state index is 13.1. The van der Waals surface area contributed by atoms with Gasteiger partial charge in [0.1, 0.15) is 23.3 Å². The summed E-state index contributed by atoms with van der Waals surface area (Å²) in [7, 11) is 0. The van der Waals surface area contributed by atoms with E-state index >= 15 is 0 Å². The molecule has 0 aliphatic rings. The molecule has 0 saturated heterocycles. The molecule has 1 heterocycles. The summed E-state index contributed by atoms with van der Waals surface area (Å²) in [5.74, 6) is -0.0472. The average molecular weight is 311 g/mol. The molecule has 3 aromatic rings. The van der Waals surface area contributed by atoms with Crippen LogP contribution in [-0.4, -0.2) is 5.11 Å². The van der Waals surface area contributed by atoms with Crippen LogP contribution in [0.1, 0.15) is 17.4 Å². The molecule has 3 rings (SSSR count). The number of halogens is 3. The number of furan rings is 1. The van der Waals surface area contributed by atoms with Crippen molar-refractivity contribution in [1.29, 1.82) is 0 Å². The van der Waals surface area contributed by atoms with Crippen LogP contribution in [0.15, 0.2) is 46.9 Å². The maximum absolute atomic E-state index is 13.1. The molecule has 0 aliphatic heterocycles. The monoisotopic (exact) mass is 310 g/mol. The lowest BCUT2D eigenvalue weighted by atomic mass is 10.1. The van der Waals surface area contributed by atoms with Crippen LogP contribution in [0.25, 0.3) is 11.0 Å². The van der Waals surface area contributed by atoms with Gasteiger partial charge in [-0.15, -0.1) is 0 Å². The van der Waals surface area contributed by atoms with Crippen molar-refractivity contribution in [3.8, 4) is 0 Å². The van der Waals surface area contributed by atoms with E-state index in [9.17, 15) is 9.50 Å². The molecule has 5 heteroatoms. The van der Waals surface area contributed by atoms with Gasteiger partial charge in [0.05, 0.1) is 0 Å². The van der Waals surface area contributed by atoms with E-state index in [-0.39, 0.29) is 5.82 Å². The third kappa shape index (κ3) is 2.52. The van der Waals surface area contributed by atoms with Gasteiger partial charge in [-0.05, 0) is 48.0 Å². The van der Waals surface area contributed by atoms with E-state index in [0.717, 1.165) is 0 Å². The number of rotatable bonds is 2. The van der Waals surface area contributed by atoms with Crippen molar-refractivity contribution in [2.75, 3.05) is 0 Å². The number of aliphatic hydroxyl groups is 1. The van der Waals surface area contributed by atoms with Gasteiger partial charge in [-0.2, -0.15) is 0 Å². The van der Waals surface area contributed by atoms with Gasteiger partial charge in [-0.25, -0.2) is 4.39 Å². The van der Waals surface area contributed by atoms with E-state index in [1.54, 1.807) is 24.3 Å². The van der Waals surface area contributed by atoms with Crippen molar-refractivity contribution in [2.24, 2.45) is 0 Å². The van der Waals surface area contributed by atoms with Gasteiger partial charge in [0.15, 0.2) is 0 Å². The highest BCUT2D eigenvalue weighted by atomic mass is 35.5. The van der Waals surface area contributed by atoms with Crippen LogP contribution in [0.3, 0.4) is 0 Å². The van der Waals surface area contributed by atoms with Gasteiger partial charge in [-0.3, -0.25) is 0 Å². The van der Waals surface area contributed by atoms with Crippen molar-refractivity contribution in [3.63, 3.8) is 0 Å². The van der Waals surface area contributed by atoms with E-state index in [1.807, 2.05) is 0 Å². The Bertz CT molecular complexity index is 762. The van der Waals surface area contributed by atoms with Crippen molar-refractivity contribution in [2.45, 2.75) is 6.10 Å². The Balaban J connectivity index is 2.05. The summed E-state index contributed by atoms with van der Waals surface area (Å²) in [6.45, 7) is 0. The largest absolute Gasteiger partial charge is 0.458 e. The first-order valence-electron chi connectivity index (χ1n) is 5.86. The van der Waals surface area contributed by atoms with Crippen molar-refractivity contribution in [1.82, 2.24) is 0 Å². The molecule has 1 N–H and O–H groups in total. The van der Waals surface area contributed by atoms with Gasteiger partial charge >= 0.3 is 0 Å². The highest BCUT2D eigenvalue weighted by molar-refractivity contribution is 6.34. The lowest BCUT2D eigenvalue weighted by Gasteiger charge is -2.08. The SMILES string of the molecule is OC(c1cc(Cl)cc(Cl)c1)c1cc2cc(F)ccc2o1. The lowest BCUT2D eigenvalue weighted by molar-refractivity contribution is 0.192. The molecule has 0 spiro atoms. The van der Waals surface area contributed by atoms with Gasteiger partial charge in [0, 0.05) is 15.4 Å². The second-order valence-electron chi connectivity index (χ2n) is 4.44. The molecule has 0 aliphatic carbocycles. The summed E-state index contributed by atoms with van der Waals surface area (Å²) in [6.07, 6.45) is -1.01. The summed E-state index contributed by atoms with van der Waals surface area (Å²) >= 11 is 11.8. The summed E-state index contributed by atoms with van der Waals surface area (Å²) in [4.78, 5) is 0. The fourth-order valence-electron chi connectivity index (χ4n) is 2.07. The first-order valence-corrected chi connectivity index (χ1v) is 6.61. The minimum absolute atomic E-state index is 0.309. The zero-order valence-electron chi connectivity index (χ0n) is 10.1. The Kier molecular flexibility index (Phi) is 3.42. The zero-order valence-corrected chi connectivity index (χ0v) is 11.6. The Morgan fingerprint density at radius 1 is 1.00 bits per heavy atom. The first kappa shape index (κ1) is 13.4. The van der Waals surface area contributed by atoms with E-state index < -0.39 is 6.10 Å². The molecule has 102 valence electrons. The second-order valence-corrected chi connectivity index (χ2v) is 5.31. The Morgan fingerprint density at radius 3 is 2.40 bits per heavy atom. The van der Waals surface area contributed by atoms with Crippen molar-refractivity contribution >= 4 is 34.2 Å². The Morgan fingerprint density at radius 2 is 1.70 bits per heavy atom. The maximum Gasteiger partial charge on any atom is 0.138 e. The lowest BCUT2D eigenvalue weighted by Crippen LogP contribution is -1.97. The molecule has 0 bridgehead atoms. The molecule has 2 aromatic carbocycles. The third-order valence-corrected chi connectivity index (χ3v) is 3.40. The van der Waals surface area contributed by atoms with Crippen LogP contribution in [0.4, 0.5) is 4.39 Å². The van der Waals surface area contributed by atoms with Gasteiger partial charge < -0.3 is 9.52 Å². The fourth-order valence-corrected chi connectivity index (χ4v) is 2.61. The van der Waals surface area contributed by atoms with Crippen LogP contribution in [-0.2, 0) is 0 Å². The molecule has 0 saturated carbocycles. The minimum atomic E-state index is -1.01. The molecular formula is C15H9Cl2FO2. The van der Waals surface area contributed by atoms with E-state index in [4.69, 9.17) is 27.6 Å². The third-order valence-electron chi connectivity index (χ3n) is 2.97. The highest BCUT2D eigenvalue weighted by Crippen LogP contribution is 2.31. The quantitative estimate of drug-likeness (QED) is 0.725. The number of hydrogen-bond donors (Lipinski definition) is 1. The average Bonchev–Trinajstić information content (AvgIpc) is 2.79. The molecule has 2 nitrogen and oxygen atoms in total. The second kappa shape index (κ2) is 5.09. The number of fused-ring (bicyclic) bond motifs is 1. The molecular weight excluding hydrogens is 302 g/mol. The van der Waals surface area contributed by atoms with Crippen LogP contribution in [0.5, 0.6) is 0 Å². The topological polar surface area (TPSA) is 33.4 Å². The highest BCUT2D eigenvalue weighted by Gasteiger charge is 2.17. The fraction of sp³-hybridized carbons (Fsp3) is 0.0667. The molecule has 1 unspecified atom stereocenters. The van der Waals surface area contributed by atoms with Crippen molar-refractivity contribution < 1.29 is 13.9 Å². The molecule has 0 amide bonds. The summed E-state index contributed by atoms with van der Waals surface area (Å²) in [5, 5.41) is 11.7. The smallest absolute Gasteiger partial charge is 0.138 e. The van der Waals surface area contributed by atoms with Gasteiger partial charge in [0.25, 0.3) is 0 Å². The van der Waals surface area contributed by atoms with Crippen LogP contribution in [0.2, 0.25) is 10.0 Å². The standard InChI is InChI=1S/C15H9Cl2FO2/c16-10-3-9(4-11(17)7-10)15(19)14-6-8-5-12(18)1-2-13(8)20-14/h1-7,15,19H. The molecule has 1 aromatic heterocycles. The summed E-state index contributed by atoms with van der Waals surface area (Å²) < 4.78 is 18.7. The zero-order chi connectivity index (χ0) is 14.3. The van der Waals surface area contributed by atoms with E-state index in [0.29, 0.717) is 32.3 Å². The summed E-state index contributed by atoms with van der Waals surface area (Å²) in [6, 6.07) is 10.5. The van der Waals surface area contributed by atoms with E-state index in [2.05, 4.69) is 0 Å². The normalized spacial score (nSPS) is 12.8. The van der Waals surface area contributed by atoms with Crippen LogP contribution in [0, 0.1) is 5.82 Å². The molecule has 1 atom stereocenters. The predicted molar refractivity (Wildman–Crippen MR) is 76.7 cm³/mol. The predicted octanol–water partition coefficient (Wildman–Crippen LogP) is 4.96. The van der Waals surface area contributed by atoms with Gasteiger partial charge in [0.2, 0.25) is 0 Å². The molecule has 0 fully saturated rings. The first-order chi connectivity index (χ1) is 9.52. The Hall–Kier alpha value is -1.55. The number of aliphatic hydroxyl groups excluding tert-OH is 1. The van der Waals surface area contributed by atoms with E-state index in [1.165, 1.54) is 18.2 Å². The Labute approximate surface area is 124 Å².